The predicted octanol–water partition coefficient (Wildman–Crippen LogP) is 23.5. The third-order valence-electron chi connectivity index (χ3n) is 15.5. The second-order valence-electron chi connectivity index (χ2n) is 23.7. The summed E-state index contributed by atoms with van der Waals surface area (Å²) in [5, 5.41) is 0. The van der Waals surface area contributed by atoms with Crippen LogP contribution in [0.1, 0.15) is 335 Å². The molecule has 0 rings (SSSR count). The molecular formula is C75H134NO8P. The third-order valence-corrected chi connectivity index (χ3v) is 16.5. The largest absolute Gasteiger partial charge is 0.472 e. The van der Waals surface area contributed by atoms with Gasteiger partial charge in [-0.25, -0.2) is 4.57 Å². The standard InChI is InChI=1S/C75H134NO8P/c1-3-5-7-9-11-13-15-17-19-21-23-25-27-29-31-33-35-36-38-39-41-43-45-47-49-51-53-55-57-59-61-63-65-67-74(77)81-71-73(72-83-85(79,80)82-70-69-76)84-75(78)68-66-64-62-60-58-56-54-52-50-48-46-44-42-40-37-34-32-30-28-26-24-22-20-18-16-14-12-10-8-6-4-2/h6,8,12,14,18,20,24,26,30,32,37,40,44,46,50,52,73H,3-5,7,9-11,13,15-17,19,21-23,25,27-29,31,33-36,38-39,41-43,45,47-49,51,53-72,76H2,1-2H3,(H,79,80)/b8-6-,14-12-,20-18-,26-24-,32-30-,40-37-,46-44-,52-50-. The van der Waals surface area contributed by atoms with Gasteiger partial charge in [0.1, 0.15) is 6.61 Å². The second kappa shape index (κ2) is 70.0. The predicted molar refractivity (Wildman–Crippen MR) is 367 cm³/mol. The van der Waals surface area contributed by atoms with Gasteiger partial charge in [-0.1, -0.05) is 342 Å². The summed E-state index contributed by atoms with van der Waals surface area (Å²) < 4.78 is 33.2. The number of esters is 2. The average Bonchev–Trinajstić information content (AvgIpc) is 3.52. The van der Waals surface area contributed by atoms with Gasteiger partial charge in [-0.2, -0.15) is 0 Å². The number of unbranched alkanes of at least 4 members (excludes halogenated alkanes) is 38. The maximum absolute atomic E-state index is 12.8. The molecule has 0 saturated carbocycles. The molecule has 3 N–H and O–H groups in total. The molecule has 0 aromatic rings. The smallest absolute Gasteiger partial charge is 0.462 e. The summed E-state index contributed by atoms with van der Waals surface area (Å²) in [5.41, 5.74) is 5.40. The van der Waals surface area contributed by atoms with Crippen LogP contribution in [0.5, 0.6) is 0 Å². The molecule has 0 heterocycles. The van der Waals surface area contributed by atoms with Gasteiger partial charge in [0.25, 0.3) is 0 Å². The first-order chi connectivity index (χ1) is 41.8. The van der Waals surface area contributed by atoms with Crippen LogP contribution in [0.25, 0.3) is 0 Å². The number of hydrogen-bond donors (Lipinski definition) is 2. The molecular weight excluding hydrogens is 1070 g/mol. The lowest BCUT2D eigenvalue weighted by Crippen LogP contribution is -2.29. The van der Waals surface area contributed by atoms with E-state index in [0.717, 1.165) is 109 Å². The van der Waals surface area contributed by atoms with Crippen LogP contribution in [0.3, 0.4) is 0 Å². The van der Waals surface area contributed by atoms with Crippen LogP contribution in [0.4, 0.5) is 0 Å². The number of carbonyl (C=O) groups excluding carboxylic acids is 2. The van der Waals surface area contributed by atoms with Gasteiger partial charge in [-0.05, 0) is 77.0 Å². The maximum Gasteiger partial charge on any atom is 0.472 e. The Kier molecular flexibility index (Phi) is 67.5. The fourth-order valence-corrected chi connectivity index (χ4v) is 11.0. The van der Waals surface area contributed by atoms with Gasteiger partial charge in [0.15, 0.2) is 6.10 Å². The Morgan fingerprint density at radius 1 is 0.365 bits per heavy atom. The minimum Gasteiger partial charge on any atom is -0.462 e. The Bertz CT molecular complexity index is 1720. The average molecular weight is 1210 g/mol. The van der Waals surface area contributed by atoms with Crippen LogP contribution in [0.15, 0.2) is 97.2 Å². The van der Waals surface area contributed by atoms with Crippen molar-refractivity contribution in [3.05, 3.63) is 97.2 Å². The van der Waals surface area contributed by atoms with E-state index in [1.54, 1.807) is 0 Å². The zero-order valence-corrected chi connectivity index (χ0v) is 56.2. The van der Waals surface area contributed by atoms with Gasteiger partial charge in [0.05, 0.1) is 13.2 Å². The number of carbonyl (C=O) groups is 2. The zero-order valence-electron chi connectivity index (χ0n) is 55.3. The van der Waals surface area contributed by atoms with Crippen molar-refractivity contribution in [2.24, 2.45) is 5.73 Å². The van der Waals surface area contributed by atoms with Crippen LogP contribution in [-0.4, -0.2) is 49.3 Å². The van der Waals surface area contributed by atoms with Crippen LogP contribution in [0.2, 0.25) is 0 Å². The molecule has 0 fully saturated rings. The van der Waals surface area contributed by atoms with Crippen molar-refractivity contribution in [1.29, 1.82) is 0 Å². The summed E-state index contributed by atoms with van der Waals surface area (Å²) in [6.45, 7) is 3.65. The minimum absolute atomic E-state index is 0.0475. The summed E-state index contributed by atoms with van der Waals surface area (Å²) in [4.78, 5) is 35.4. The van der Waals surface area contributed by atoms with Crippen molar-refractivity contribution in [3.63, 3.8) is 0 Å². The van der Waals surface area contributed by atoms with Gasteiger partial charge in [0, 0.05) is 19.4 Å². The van der Waals surface area contributed by atoms with Gasteiger partial charge >= 0.3 is 19.8 Å². The Balaban J connectivity index is 3.90. The van der Waals surface area contributed by atoms with E-state index in [-0.39, 0.29) is 38.6 Å². The lowest BCUT2D eigenvalue weighted by Gasteiger charge is -2.19. The van der Waals surface area contributed by atoms with Crippen molar-refractivity contribution >= 4 is 19.8 Å². The normalized spacial score (nSPS) is 13.5. The maximum atomic E-state index is 12.8. The molecule has 0 bridgehead atoms. The lowest BCUT2D eigenvalue weighted by molar-refractivity contribution is -0.161. The number of hydrogen-bond acceptors (Lipinski definition) is 8. The number of rotatable bonds is 67. The molecule has 0 aromatic heterocycles. The van der Waals surface area contributed by atoms with Crippen LogP contribution < -0.4 is 5.73 Å². The molecule has 0 aliphatic carbocycles. The van der Waals surface area contributed by atoms with Gasteiger partial charge < -0.3 is 20.1 Å². The Hall–Kier alpha value is -3.07. The molecule has 2 atom stereocenters. The molecule has 10 heteroatoms. The first-order valence-electron chi connectivity index (χ1n) is 35.7. The van der Waals surface area contributed by atoms with Gasteiger partial charge in [-0.3, -0.25) is 18.6 Å². The Morgan fingerprint density at radius 2 is 0.647 bits per heavy atom. The van der Waals surface area contributed by atoms with Crippen molar-refractivity contribution in [3.8, 4) is 0 Å². The van der Waals surface area contributed by atoms with E-state index in [0.29, 0.717) is 6.42 Å². The van der Waals surface area contributed by atoms with Gasteiger partial charge in [0.2, 0.25) is 0 Å². The second-order valence-corrected chi connectivity index (χ2v) is 25.2. The number of ether oxygens (including phenoxy) is 2. The van der Waals surface area contributed by atoms with Crippen LogP contribution >= 0.6 is 7.82 Å². The zero-order chi connectivity index (χ0) is 61.6. The Morgan fingerprint density at radius 3 is 0.965 bits per heavy atom. The van der Waals surface area contributed by atoms with Crippen molar-refractivity contribution < 1.29 is 37.6 Å². The van der Waals surface area contributed by atoms with Crippen molar-refractivity contribution in [2.45, 2.75) is 341 Å². The lowest BCUT2D eigenvalue weighted by atomic mass is 10.0. The Labute approximate surface area is 525 Å². The van der Waals surface area contributed by atoms with Crippen molar-refractivity contribution in [2.75, 3.05) is 26.4 Å². The summed E-state index contributed by atoms with van der Waals surface area (Å²) >= 11 is 0. The first kappa shape index (κ1) is 81.9. The molecule has 0 radical (unpaired) electrons. The van der Waals surface area contributed by atoms with E-state index in [1.165, 1.54) is 193 Å². The van der Waals surface area contributed by atoms with E-state index in [2.05, 4.69) is 111 Å². The van der Waals surface area contributed by atoms with Gasteiger partial charge in [-0.15, -0.1) is 0 Å². The topological polar surface area (TPSA) is 134 Å². The summed E-state index contributed by atoms with van der Waals surface area (Å²) in [6, 6.07) is 0. The summed E-state index contributed by atoms with van der Waals surface area (Å²) in [7, 11) is -4.40. The molecule has 492 valence electrons. The molecule has 2 unspecified atom stereocenters. The number of nitrogens with two attached hydrogens (primary N) is 1. The molecule has 0 aromatic carbocycles. The molecule has 9 nitrogen and oxygen atoms in total. The van der Waals surface area contributed by atoms with Crippen LogP contribution in [-0.2, 0) is 32.7 Å². The van der Waals surface area contributed by atoms with E-state index in [1.807, 2.05) is 0 Å². The highest BCUT2D eigenvalue weighted by atomic mass is 31.2. The number of allylic oxidation sites excluding steroid dienone is 16. The minimum atomic E-state index is -4.40. The van der Waals surface area contributed by atoms with E-state index in [4.69, 9.17) is 24.3 Å². The SMILES string of the molecule is CC/C=C\C/C=C\C/C=C\C/C=C\C/C=C\C/C=C\C/C=C\C/C=C\CCCCCCCCC(=O)OC(COC(=O)CCCCCCCCCCCCCCCCCCCCCCCCCCCCCCCCCCC)COP(=O)(O)OCCN. The van der Waals surface area contributed by atoms with E-state index < -0.39 is 26.5 Å². The molecule has 0 spiro atoms. The summed E-state index contributed by atoms with van der Waals surface area (Å²) in [5.74, 6) is -0.836. The highest BCUT2D eigenvalue weighted by Crippen LogP contribution is 2.43. The van der Waals surface area contributed by atoms with Crippen molar-refractivity contribution in [1.82, 2.24) is 0 Å². The fourth-order valence-electron chi connectivity index (χ4n) is 10.2. The number of phosphoric acid groups is 1. The number of phosphoric ester groups is 1. The van der Waals surface area contributed by atoms with Crippen LogP contribution in [0, 0.1) is 0 Å². The fraction of sp³-hybridized carbons (Fsp3) is 0.760. The molecule has 0 aliphatic rings. The highest BCUT2D eigenvalue weighted by Gasteiger charge is 2.26. The quantitative estimate of drug-likeness (QED) is 0.0264. The summed E-state index contributed by atoms with van der Waals surface area (Å²) in [6.07, 6.45) is 95.1. The molecule has 0 aliphatic heterocycles. The molecule has 0 amide bonds. The third kappa shape index (κ3) is 69.9. The van der Waals surface area contributed by atoms with E-state index in [9.17, 15) is 19.0 Å². The highest BCUT2D eigenvalue weighted by molar-refractivity contribution is 7.47. The molecule has 85 heavy (non-hydrogen) atoms. The monoisotopic (exact) mass is 1210 g/mol. The molecule has 0 saturated heterocycles. The van der Waals surface area contributed by atoms with E-state index >= 15 is 0 Å². The first-order valence-corrected chi connectivity index (χ1v) is 37.2.